The van der Waals surface area contributed by atoms with E-state index in [1.807, 2.05) is 13.8 Å². The first-order valence-corrected chi connectivity index (χ1v) is 11.6. The summed E-state index contributed by atoms with van der Waals surface area (Å²) in [5.41, 5.74) is 0.202. The maximum atomic E-state index is 13.5. The molecular weight excluding hydrogens is 388 g/mol. The molecule has 7 rings (SSSR count). The molecule has 1 saturated heterocycles. The van der Waals surface area contributed by atoms with Crippen LogP contribution in [-0.4, -0.2) is 35.6 Å². The largest absolute Gasteiger partial charge is 0.469 e. The summed E-state index contributed by atoms with van der Waals surface area (Å²) in [5.74, 6) is 1.48. The molecule has 0 N–H and O–H groups in total. The number of benzene rings is 2. The minimum absolute atomic E-state index is 0.0356. The van der Waals surface area contributed by atoms with Crippen LogP contribution in [0.3, 0.4) is 0 Å². The van der Waals surface area contributed by atoms with Crippen LogP contribution in [0.25, 0.3) is 10.8 Å². The molecular formula is C26H30N2O3. The number of methoxy groups -OCH3 is 1. The number of amides is 1. The fourth-order valence-electron chi connectivity index (χ4n) is 7.63. The van der Waals surface area contributed by atoms with E-state index in [4.69, 9.17) is 4.74 Å². The third-order valence-electron chi connectivity index (χ3n) is 8.60. The molecule has 0 aromatic heterocycles. The molecule has 2 aromatic rings. The smallest absolute Gasteiger partial charge is 0.311 e. The molecule has 5 atom stereocenters. The number of nitrogens with zero attached hydrogens (tertiary/aromatic N) is 2. The van der Waals surface area contributed by atoms with Crippen LogP contribution in [0.15, 0.2) is 42.5 Å². The van der Waals surface area contributed by atoms with E-state index >= 15 is 0 Å². The van der Waals surface area contributed by atoms with E-state index in [1.165, 1.54) is 17.9 Å². The molecule has 4 saturated carbocycles. The van der Waals surface area contributed by atoms with Gasteiger partial charge in [-0.05, 0) is 75.2 Å². The molecule has 4 bridgehead atoms. The van der Waals surface area contributed by atoms with Gasteiger partial charge in [-0.3, -0.25) is 14.6 Å². The van der Waals surface area contributed by atoms with Gasteiger partial charge in [0, 0.05) is 5.39 Å². The zero-order valence-corrected chi connectivity index (χ0v) is 18.5. The second kappa shape index (κ2) is 6.24. The lowest BCUT2D eigenvalue weighted by Crippen LogP contribution is -2.80. The highest BCUT2D eigenvalue weighted by molar-refractivity contribution is 6.03. The van der Waals surface area contributed by atoms with Gasteiger partial charge in [0.05, 0.1) is 24.3 Å². The van der Waals surface area contributed by atoms with Gasteiger partial charge >= 0.3 is 5.97 Å². The minimum atomic E-state index is -0.571. The number of esters is 1. The van der Waals surface area contributed by atoms with Crippen LogP contribution in [0, 0.1) is 23.2 Å². The Hall–Kier alpha value is -2.56. The number of hydrogen-bond donors (Lipinski definition) is 0. The number of rotatable bonds is 3. The molecule has 0 spiro atoms. The molecule has 1 amide bonds. The van der Waals surface area contributed by atoms with Gasteiger partial charge in [0.2, 0.25) is 0 Å². The number of hydrogen-bond acceptors (Lipinski definition) is 4. The van der Waals surface area contributed by atoms with E-state index < -0.39 is 5.54 Å². The van der Waals surface area contributed by atoms with Gasteiger partial charge in [-0.25, -0.2) is 5.01 Å². The molecule has 4 aliphatic carbocycles. The lowest BCUT2D eigenvalue weighted by Gasteiger charge is -2.67. The normalized spacial score (nSPS) is 35.4. The van der Waals surface area contributed by atoms with Crippen molar-refractivity contribution in [1.82, 2.24) is 5.01 Å². The topological polar surface area (TPSA) is 49.9 Å². The van der Waals surface area contributed by atoms with E-state index in [0.717, 1.165) is 37.8 Å². The first-order valence-electron chi connectivity index (χ1n) is 11.6. The first kappa shape index (κ1) is 19.1. The summed E-state index contributed by atoms with van der Waals surface area (Å²) in [6.07, 6.45) is 4.91. The van der Waals surface area contributed by atoms with Crippen molar-refractivity contribution in [1.29, 1.82) is 0 Å². The van der Waals surface area contributed by atoms with Crippen molar-refractivity contribution in [2.75, 3.05) is 12.1 Å². The van der Waals surface area contributed by atoms with Gasteiger partial charge in [-0.15, -0.1) is 0 Å². The predicted molar refractivity (Wildman–Crippen MR) is 119 cm³/mol. The lowest BCUT2D eigenvalue weighted by molar-refractivity contribution is -0.189. The quantitative estimate of drug-likeness (QED) is 0.686. The zero-order chi connectivity index (χ0) is 21.5. The highest BCUT2D eigenvalue weighted by Gasteiger charge is 2.65. The maximum Gasteiger partial charge on any atom is 0.311 e. The van der Waals surface area contributed by atoms with Crippen molar-refractivity contribution in [3.05, 3.63) is 42.5 Å². The highest BCUT2D eigenvalue weighted by atomic mass is 16.5. The summed E-state index contributed by atoms with van der Waals surface area (Å²) in [5, 5.41) is 6.67. The van der Waals surface area contributed by atoms with E-state index in [1.54, 1.807) is 0 Å². The van der Waals surface area contributed by atoms with E-state index in [9.17, 15) is 9.59 Å². The molecule has 162 valence electrons. The Balaban J connectivity index is 1.41. The maximum absolute atomic E-state index is 13.5. The Morgan fingerprint density at radius 2 is 1.68 bits per heavy atom. The molecule has 31 heavy (non-hydrogen) atoms. The molecule has 5 fully saturated rings. The van der Waals surface area contributed by atoms with Crippen molar-refractivity contribution in [2.24, 2.45) is 23.2 Å². The van der Waals surface area contributed by atoms with Crippen LogP contribution in [0.2, 0.25) is 0 Å². The van der Waals surface area contributed by atoms with E-state index in [0.29, 0.717) is 17.8 Å². The molecule has 3 unspecified atom stereocenters. The Kier molecular flexibility index (Phi) is 3.86. The summed E-state index contributed by atoms with van der Waals surface area (Å²) in [4.78, 5) is 26.2. The number of carbonyl (C=O) groups excluding carboxylic acids is 2. The van der Waals surface area contributed by atoms with Crippen LogP contribution in [0.1, 0.15) is 46.0 Å². The van der Waals surface area contributed by atoms with Gasteiger partial charge in [0.1, 0.15) is 5.54 Å². The lowest BCUT2D eigenvalue weighted by atomic mass is 9.47. The Bertz CT molecular complexity index is 1070. The Morgan fingerprint density at radius 3 is 2.39 bits per heavy atom. The van der Waals surface area contributed by atoms with Gasteiger partial charge < -0.3 is 4.74 Å². The second-order valence-corrected chi connectivity index (χ2v) is 10.8. The number of hydrazine groups is 1. The van der Waals surface area contributed by atoms with E-state index in [2.05, 4.69) is 52.5 Å². The Labute approximate surface area is 183 Å². The van der Waals surface area contributed by atoms with E-state index in [-0.39, 0.29) is 23.3 Å². The fourth-order valence-corrected chi connectivity index (χ4v) is 7.63. The minimum Gasteiger partial charge on any atom is -0.469 e. The van der Waals surface area contributed by atoms with Crippen molar-refractivity contribution in [3.63, 3.8) is 0 Å². The fraction of sp³-hybridized carbons (Fsp3) is 0.538. The molecule has 0 radical (unpaired) electrons. The standard InChI is InChI=1S/C26H30N2O3/c1-25(2)23(29)27(28(25)21-10-6-8-17-7-4-5-9-20(17)21)22-18-11-16-12-19(22)15-26(13-16,14-18)24(30)31-3/h4-10,16,18-19,22H,11-15H2,1-3H3/t16?,18-,19+,22?,26?. The number of carbonyl (C=O) groups is 2. The Morgan fingerprint density at radius 1 is 1.00 bits per heavy atom. The van der Waals surface area contributed by atoms with Gasteiger partial charge in [0.25, 0.3) is 5.91 Å². The molecule has 5 aliphatic rings. The molecule has 2 aromatic carbocycles. The number of fused-ring (bicyclic) bond motifs is 1. The SMILES string of the molecule is COC(=O)C12CC3C[C@H](C1)C(N1C(=O)C(C)(C)N1c1cccc4ccccc14)[C@@H](C3)C2. The van der Waals surface area contributed by atoms with Crippen LogP contribution < -0.4 is 5.01 Å². The van der Waals surface area contributed by atoms with Crippen molar-refractivity contribution >= 4 is 28.3 Å². The molecule has 5 heteroatoms. The average molecular weight is 419 g/mol. The summed E-state index contributed by atoms with van der Waals surface area (Å²) in [7, 11) is 1.52. The third-order valence-corrected chi connectivity index (χ3v) is 8.60. The van der Waals surface area contributed by atoms with Crippen molar-refractivity contribution in [3.8, 4) is 0 Å². The molecule has 5 nitrogen and oxygen atoms in total. The van der Waals surface area contributed by atoms with Crippen LogP contribution in [0.5, 0.6) is 0 Å². The van der Waals surface area contributed by atoms with Crippen molar-refractivity contribution < 1.29 is 14.3 Å². The summed E-state index contributed by atoms with van der Waals surface area (Å²) < 4.78 is 5.23. The monoisotopic (exact) mass is 418 g/mol. The predicted octanol–water partition coefficient (Wildman–Crippen LogP) is 4.55. The number of ether oxygens (including phenoxy) is 1. The van der Waals surface area contributed by atoms with Crippen molar-refractivity contribution in [2.45, 2.75) is 57.5 Å². The first-order chi connectivity index (χ1) is 14.9. The average Bonchev–Trinajstić information content (AvgIpc) is 2.76. The third kappa shape index (κ3) is 2.43. The second-order valence-electron chi connectivity index (χ2n) is 10.8. The summed E-state index contributed by atoms with van der Waals surface area (Å²) >= 11 is 0. The molecule has 1 heterocycles. The van der Waals surface area contributed by atoms with Crippen LogP contribution >= 0.6 is 0 Å². The highest BCUT2D eigenvalue weighted by Crippen LogP contribution is 2.63. The van der Waals surface area contributed by atoms with Crippen LogP contribution in [-0.2, 0) is 14.3 Å². The summed E-state index contributed by atoms with van der Waals surface area (Å²) in [6, 6.07) is 14.9. The zero-order valence-electron chi connectivity index (χ0n) is 18.5. The van der Waals surface area contributed by atoms with Gasteiger partial charge in [-0.2, -0.15) is 0 Å². The van der Waals surface area contributed by atoms with Gasteiger partial charge in [-0.1, -0.05) is 36.4 Å². The number of anilines is 1. The summed E-state index contributed by atoms with van der Waals surface area (Å²) in [6.45, 7) is 4.05. The molecule has 1 aliphatic heterocycles. The van der Waals surface area contributed by atoms with Gasteiger partial charge in [0.15, 0.2) is 0 Å². The van der Waals surface area contributed by atoms with Crippen LogP contribution in [0.4, 0.5) is 5.69 Å².